The van der Waals surface area contributed by atoms with Gasteiger partial charge < -0.3 is 20.1 Å². The molecule has 1 heterocycles. The number of aliphatic carboxylic acids is 1. The maximum absolute atomic E-state index is 13.0. The molecular weight excluding hydrogens is 444 g/mol. The van der Waals surface area contributed by atoms with E-state index in [1.165, 1.54) is 11.1 Å². The predicted octanol–water partition coefficient (Wildman–Crippen LogP) is 4.41. The summed E-state index contributed by atoms with van der Waals surface area (Å²) in [6, 6.07) is 16.0. The first-order valence-electron chi connectivity index (χ1n) is 12.6. The van der Waals surface area contributed by atoms with E-state index in [0.29, 0.717) is 19.4 Å². The summed E-state index contributed by atoms with van der Waals surface area (Å²) in [6.07, 6.45) is 2.64. The summed E-state index contributed by atoms with van der Waals surface area (Å²) in [7, 11) is 0. The number of hydrogen-bond donors (Lipinski definition) is 2. The van der Waals surface area contributed by atoms with E-state index in [0.717, 1.165) is 24.0 Å². The first-order valence-corrected chi connectivity index (χ1v) is 12.6. The Morgan fingerprint density at radius 1 is 1.03 bits per heavy atom. The van der Waals surface area contributed by atoms with Crippen LogP contribution in [0.25, 0.3) is 11.1 Å². The van der Waals surface area contributed by atoms with Crippen LogP contribution in [0.3, 0.4) is 0 Å². The van der Waals surface area contributed by atoms with Crippen molar-refractivity contribution < 1.29 is 24.2 Å². The average Bonchev–Trinajstić information content (AvgIpc) is 3.65. The first-order chi connectivity index (χ1) is 16.9. The van der Waals surface area contributed by atoms with Crippen molar-refractivity contribution in [2.45, 2.75) is 57.0 Å². The van der Waals surface area contributed by atoms with Crippen LogP contribution in [0, 0.1) is 11.8 Å². The Morgan fingerprint density at radius 3 is 2.23 bits per heavy atom. The Morgan fingerprint density at radius 2 is 1.66 bits per heavy atom. The molecule has 35 heavy (non-hydrogen) atoms. The topological polar surface area (TPSA) is 95.9 Å². The van der Waals surface area contributed by atoms with Gasteiger partial charge in [-0.2, -0.15) is 0 Å². The lowest BCUT2D eigenvalue weighted by molar-refractivity contribution is -0.147. The second-order valence-corrected chi connectivity index (χ2v) is 10.1. The van der Waals surface area contributed by atoms with Crippen molar-refractivity contribution in [1.82, 2.24) is 10.2 Å². The zero-order chi connectivity index (χ0) is 24.5. The molecule has 7 heteroatoms. The van der Waals surface area contributed by atoms with Crippen molar-refractivity contribution in [1.29, 1.82) is 0 Å². The molecule has 2 aromatic rings. The van der Waals surface area contributed by atoms with E-state index in [2.05, 4.69) is 29.6 Å². The molecular formula is C28H32N2O5. The summed E-state index contributed by atoms with van der Waals surface area (Å²) in [5.41, 5.74) is 4.68. The molecule has 0 bridgehead atoms. The zero-order valence-electron chi connectivity index (χ0n) is 20.0. The fraction of sp³-hybridized carbons (Fsp3) is 0.464. The fourth-order valence-electron chi connectivity index (χ4n) is 5.70. The van der Waals surface area contributed by atoms with Crippen molar-refractivity contribution >= 4 is 18.0 Å². The fourth-order valence-corrected chi connectivity index (χ4v) is 5.70. The van der Waals surface area contributed by atoms with E-state index in [1.54, 1.807) is 4.90 Å². The van der Waals surface area contributed by atoms with Crippen LogP contribution in [-0.2, 0) is 14.3 Å². The maximum Gasteiger partial charge on any atom is 0.407 e. The standard InChI is InChI=1S/C28H32N2O5/c1-17-14-19(27(32)33)12-13-30(17)26(31)15-25(18-10-11-18)29-28(34)35-16-24-22-8-4-2-6-20(22)21-7-3-5-9-23(21)24/h2-9,17-19,24-25H,10-16H2,1H3,(H,29,34)(H,32,33)/t17-,19-,25?/m0/s1. The Labute approximate surface area is 205 Å². The zero-order valence-corrected chi connectivity index (χ0v) is 20.0. The van der Waals surface area contributed by atoms with Crippen LogP contribution < -0.4 is 5.32 Å². The summed E-state index contributed by atoms with van der Waals surface area (Å²) in [6.45, 7) is 2.59. The highest BCUT2D eigenvalue weighted by Crippen LogP contribution is 2.44. The number of ether oxygens (including phenoxy) is 1. The number of alkyl carbamates (subject to hydrolysis) is 1. The number of carboxylic acid groups (broad SMARTS) is 1. The minimum atomic E-state index is -0.795. The second-order valence-electron chi connectivity index (χ2n) is 10.1. The number of amides is 2. The van der Waals surface area contributed by atoms with Crippen LogP contribution in [0.1, 0.15) is 56.1 Å². The quantitative estimate of drug-likeness (QED) is 0.617. The van der Waals surface area contributed by atoms with Gasteiger partial charge >= 0.3 is 12.1 Å². The highest BCUT2D eigenvalue weighted by molar-refractivity contribution is 5.80. The van der Waals surface area contributed by atoms with Gasteiger partial charge in [0.15, 0.2) is 0 Å². The third-order valence-corrected chi connectivity index (χ3v) is 7.78. The van der Waals surface area contributed by atoms with Gasteiger partial charge in [-0.3, -0.25) is 9.59 Å². The molecule has 1 unspecified atom stereocenters. The smallest absolute Gasteiger partial charge is 0.407 e. The van der Waals surface area contributed by atoms with Crippen LogP contribution in [0.5, 0.6) is 0 Å². The van der Waals surface area contributed by atoms with E-state index in [9.17, 15) is 19.5 Å². The molecule has 184 valence electrons. The van der Waals surface area contributed by atoms with Gasteiger partial charge in [0.05, 0.1) is 5.92 Å². The van der Waals surface area contributed by atoms with Gasteiger partial charge in [0.25, 0.3) is 0 Å². The number of carboxylic acids is 1. The number of rotatable bonds is 7. The van der Waals surface area contributed by atoms with Crippen LogP contribution >= 0.6 is 0 Å². The van der Waals surface area contributed by atoms with Crippen LogP contribution in [-0.4, -0.2) is 53.2 Å². The SMILES string of the molecule is C[C@H]1C[C@@H](C(=O)O)CCN1C(=O)CC(NC(=O)OCC1c2ccccc2-c2ccccc21)C1CC1. The van der Waals surface area contributed by atoms with Crippen molar-refractivity contribution in [3.05, 3.63) is 59.7 Å². The van der Waals surface area contributed by atoms with E-state index < -0.39 is 18.0 Å². The van der Waals surface area contributed by atoms with Crippen molar-refractivity contribution in [3.8, 4) is 11.1 Å². The summed E-state index contributed by atoms with van der Waals surface area (Å²) in [4.78, 5) is 38.9. The molecule has 2 amide bonds. The minimum absolute atomic E-state index is 0.00876. The molecule has 2 N–H and O–H groups in total. The van der Waals surface area contributed by atoms with Crippen LogP contribution in [0.15, 0.2) is 48.5 Å². The van der Waals surface area contributed by atoms with Crippen LogP contribution in [0.2, 0.25) is 0 Å². The monoisotopic (exact) mass is 476 g/mol. The third kappa shape index (κ3) is 4.90. The number of carbonyl (C=O) groups excluding carboxylic acids is 2. The molecule has 0 radical (unpaired) electrons. The van der Waals surface area contributed by atoms with Gasteiger partial charge in [-0.25, -0.2) is 4.79 Å². The molecule has 1 saturated heterocycles. The number of piperidine rings is 1. The van der Waals surface area contributed by atoms with E-state index >= 15 is 0 Å². The first kappa shape index (κ1) is 23.4. The van der Waals surface area contributed by atoms with E-state index in [4.69, 9.17) is 4.74 Å². The lowest BCUT2D eigenvalue weighted by Crippen LogP contribution is -2.49. The highest BCUT2D eigenvalue weighted by atomic mass is 16.5. The summed E-state index contributed by atoms with van der Waals surface area (Å²) >= 11 is 0. The molecule has 2 fully saturated rings. The summed E-state index contributed by atoms with van der Waals surface area (Å²) in [5, 5.41) is 12.2. The van der Waals surface area contributed by atoms with Gasteiger partial charge in [0.1, 0.15) is 6.61 Å². The third-order valence-electron chi connectivity index (χ3n) is 7.78. The molecule has 0 aromatic heterocycles. The van der Waals surface area contributed by atoms with Gasteiger partial charge in [-0.1, -0.05) is 48.5 Å². The summed E-state index contributed by atoms with van der Waals surface area (Å²) < 4.78 is 5.70. The van der Waals surface area contributed by atoms with Gasteiger partial charge in [0, 0.05) is 31.0 Å². The molecule has 7 nitrogen and oxygen atoms in total. The van der Waals surface area contributed by atoms with Gasteiger partial charge in [-0.15, -0.1) is 0 Å². The van der Waals surface area contributed by atoms with Crippen molar-refractivity contribution in [2.24, 2.45) is 11.8 Å². The molecule has 0 spiro atoms. The second kappa shape index (κ2) is 9.72. The van der Waals surface area contributed by atoms with Crippen molar-refractivity contribution in [2.75, 3.05) is 13.2 Å². The van der Waals surface area contributed by atoms with Crippen LogP contribution in [0.4, 0.5) is 4.79 Å². The van der Waals surface area contributed by atoms with E-state index in [-0.39, 0.29) is 42.9 Å². The molecule has 3 atom stereocenters. The van der Waals surface area contributed by atoms with Crippen molar-refractivity contribution in [3.63, 3.8) is 0 Å². The lowest BCUT2D eigenvalue weighted by Gasteiger charge is -2.37. The molecule has 2 aromatic carbocycles. The van der Waals surface area contributed by atoms with Gasteiger partial charge in [0.2, 0.25) is 5.91 Å². The number of hydrogen-bond acceptors (Lipinski definition) is 4. The predicted molar refractivity (Wildman–Crippen MR) is 131 cm³/mol. The molecule has 3 aliphatic rings. The Balaban J connectivity index is 1.19. The number of carbonyl (C=O) groups is 3. The van der Waals surface area contributed by atoms with Gasteiger partial charge in [-0.05, 0) is 60.8 Å². The number of nitrogens with zero attached hydrogens (tertiary/aromatic N) is 1. The summed E-state index contributed by atoms with van der Waals surface area (Å²) in [5.74, 6) is -0.946. The molecule has 1 saturated carbocycles. The molecule has 2 aliphatic carbocycles. The Bertz CT molecular complexity index is 1080. The number of likely N-dealkylation sites (tertiary alicyclic amines) is 1. The number of benzene rings is 2. The Hall–Kier alpha value is -3.35. The largest absolute Gasteiger partial charge is 0.481 e. The number of fused-ring (bicyclic) bond motifs is 3. The normalized spacial score (nSPS) is 22.1. The molecule has 1 aliphatic heterocycles. The minimum Gasteiger partial charge on any atom is -0.481 e. The Kier molecular flexibility index (Phi) is 6.50. The lowest BCUT2D eigenvalue weighted by atomic mass is 9.91. The maximum atomic E-state index is 13.0. The van der Waals surface area contributed by atoms with E-state index in [1.807, 2.05) is 31.2 Å². The average molecular weight is 477 g/mol. The molecule has 5 rings (SSSR count). The highest BCUT2D eigenvalue weighted by Gasteiger charge is 2.38. The number of nitrogens with one attached hydrogen (secondary N) is 1.